The van der Waals surface area contributed by atoms with E-state index in [1.54, 1.807) is 30.2 Å². The fourth-order valence-electron chi connectivity index (χ4n) is 2.29. The number of ketones is 1. The molecule has 2 aromatic rings. The minimum Gasteiger partial charge on any atom is -0.342 e. The number of anilines is 1. The van der Waals surface area contributed by atoms with Crippen LogP contribution in [0.3, 0.4) is 0 Å². The fourth-order valence-corrected chi connectivity index (χ4v) is 3.41. The van der Waals surface area contributed by atoms with Crippen molar-refractivity contribution >= 4 is 23.2 Å². The molecule has 0 unspecified atom stereocenters. The SMILES string of the molecule is CCCCN1C(=CC(=O)c2ncc[nH]2)Sc2ccccc21. The third-order valence-corrected chi connectivity index (χ3v) is 4.47. The Bertz CT molecular complexity index is 664. The van der Waals surface area contributed by atoms with E-state index in [1.807, 2.05) is 12.1 Å². The van der Waals surface area contributed by atoms with Crippen LogP contribution in [0.25, 0.3) is 0 Å². The highest BCUT2D eigenvalue weighted by atomic mass is 32.2. The van der Waals surface area contributed by atoms with E-state index in [2.05, 4.69) is 33.9 Å². The number of imidazole rings is 1. The summed E-state index contributed by atoms with van der Waals surface area (Å²) < 4.78 is 0. The van der Waals surface area contributed by atoms with E-state index >= 15 is 0 Å². The Morgan fingerprint density at radius 1 is 1.43 bits per heavy atom. The van der Waals surface area contributed by atoms with Gasteiger partial charge in [-0.3, -0.25) is 4.79 Å². The number of hydrogen-bond acceptors (Lipinski definition) is 4. The minimum absolute atomic E-state index is 0.0863. The van der Waals surface area contributed by atoms with Crippen molar-refractivity contribution in [3.8, 4) is 0 Å². The van der Waals surface area contributed by atoms with Gasteiger partial charge in [-0.15, -0.1) is 0 Å². The second-order valence-electron chi connectivity index (χ2n) is 4.86. The van der Waals surface area contributed by atoms with Crippen molar-refractivity contribution < 1.29 is 4.79 Å². The van der Waals surface area contributed by atoms with Gasteiger partial charge in [-0.2, -0.15) is 0 Å². The number of unbranched alkanes of at least 4 members (excludes halogenated alkanes) is 1. The average Bonchev–Trinajstić information content (AvgIpc) is 3.13. The lowest BCUT2D eigenvalue weighted by Crippen LogP contribution is -2.19. The molecule has 3 rings (SSSR count). The van der Waals surface area contributed by atoms with Gasteiger partial charge in [-0.05, 0) is 18.6 Å². The maximum absolute atomic E-state index is 12.2. The number of thioether (sulfide) groups is 1. The van der Waals surface area contributed by atoms with Crippen molar-refractivity contribution in [3.63, 3.8) is 0 Å². The van der Waals surface area contributed by atoms with Gasteiger partial charge in [0.25, 0.3) is 0 Å². The molecule has 0 aliphatic carbocycles. The highest BCUT2D eigenvalue weighted by Gasteiger charge is 2.25. The number of rotatable bonds is 5. The molecule has 0 radical (unpaired) electrons. The van der Waals surface area contributed by atoms with E-state index in [-0.39, 0.29) is 5.78 Å². The van der Waals surface area contributed by atoms with E-state index in [4.69, 9.17) is 0 Å². The first-order chi connectivity index (χ1) is 10.3. The number of carbonyl (C=O) groups is 1. The molecular formula is C16H17N3OS. The quantitative estimate of drug-likeness (QED) is 0.673. The molecule has 108 valence electrons. The zero-order chi connectivity index (χ0) is 14.7. The van der Waals surface area contributed by atoms with Crippen LogP contribution in [-0.4, -0.2) is 22.3 Å². The van der Waals surface area contributed by atoms with Crippen molar-refractivity contribution in [1.82, 2.24) is 9.97 Å². The topological polar surface area (TPSA) is 49.0 Å². The van der Waals surface area contributed by atoms with E-state index in [0.29, 0.717) is 5.82 Å². The molecule has 1 aromatic heterocycles. The van der Waals surface area contributed by atoms with Gasteiger partial charge in [0.05, 0.1) is 10.7 Å². The molecule has 1 aromatic carbocycles. The fraction of sp³-hybridized carbons (Fsp3) is 0.250. The summed E-state index contributed by atoms with van der Waals surface area (Å²) in [6, 6.07) is 8.27. The summed E-state index contributed by atoms with van der Waals surface area (Å²) >= 11 is 1.64. The number of para-hydroxylation sites is 1. The van der Waals surface area contributed by atoms with Crippen molar-refractivity contribution in [2.75, 3.05) is 11.4 Å². The lowest BCUT2D eigenvalue weighted by molar-refractivity contribution is 0.103. The first-order valence-electron chi connectivity index (χ1n) is 7.09. The average molecular weight is 299 g/mol. The van der Waals surface area contributed by atoms with Gasteiger partial charge in [0.2, 0.25) is 5.78 Å². The van der Waals surface area contributed by atoms with Crippen LogP contribution in [0.1, 0.15) is 30.4 Å². The summed E-state index contributed by atoms with van der Waals surface area (Å²) in [6.45, 7) is 3.10. The van der Waals surface area contributed by atoms with Crippen LogP contribution in [-0.2, 0) is 0 Å². The third kappa shape index (κ3) is 2.88. The van der Waals surface area contributed by atoms with Crippen LogP contribution >= 0.6 is 11.8 Å². The molecule has 2 heterocycles. The van der Waals surface area contributed by atoms with Crippen molar-refractivity contribution in [2.24, 2.45) is 0 Å². The molecule has 0 bridgehead atoms. The second kappa shape index (κ2) is 6.18. The lowest BCUT2D eigenvalue weighted by Gasteiger charge is -2.19. The standard InChI is InChI=1S/C16H17N3OS/c1-2-3-10-19-12-6-4-5-7-14(12)21-15(19)11-13(20)16-17-8-9-18-16/h4-9,11H,2-3,10H2,1H3,(H,17,18). The highest BCUT2D eigenvalue weighted by Crippen LogP contribution is 2.45. The third-order valence-electron chi connectivity index (χ3n) is 3.36. The molecule has 1 aliphatic heterocycles. The molecule has 0 amide bonds. The Morgan fingerprint density at radius 3 is 3.05 bits per heavy atom. The normalized spacial score (nSPS) is 15.5. The largest absolute Gasteiger partial charge is 0.342 e. The first kappa shape index (κ1) is 13.9. The van der Waals surface area contributed by atoms with Crippen LogP contribution < -0.4 is 4.90 Å². The van der Waals surface area contributed by atoms with Gasteiger partial charge in [0, 0.05) is 29.9 Å². The van der Waals surface area contributed by atoms with E-state index in [9.17, 15) is 4.79 Å². The summed E-state index contributed by atoms with van der Waals surface area (Å²) in [5.74, 6) is 0.298. The number of aromatic amines is 1. The van der Waals surface area contributed by atoms with E-state index in [0.717, 1.165) is 24.4 Å². The van der Waals surface area contributed by atoms with Gasteiger partial charge < -0.3 is 9.88 Å². The molecule has 1 aliphatic rings. The van der Waals surface area contributed by atoms with E-state index < -0.39 is 0 Å². The number of benzene rings is 1. The predicted molar refractivity (Wildman–Crippen MR) is 85.6 cm³/mol. The van der Waals surface area contributed by atoms with Crippen LogP contribution in [0.5, 0.6) is 0 Å². The van der Waals surface area contributed by atoms with Gasteiger partial charge in [-0.1, -0.05) is 37.2 Å². The van der Waals surface area contributed by atoms with Crippen molar-refractivity contribution in [1.29, 1.82) is 0 Å². The highest BCUT2D eigenvalue weighted by molar-refractivity contribution is 8.03. The first-order valence-corrected chi connectivity index (χ1v) is 7.91. The maximum Gasteiger partial charge on any atom is 0.223 e. The summed E-state index contributed by atoms with van der Waals surface area (Å²) in [6.07, 6.45) is 7.16. The smallest absolute Gasteiger partial charge is 0.223 e. The maximum atomic E-state index is 12.2. The van der Waals surface area contributed by atoms with Crippen LogP contribution in [0.2, 0.25) is 0 Å². The number of carbonyl (C=O) groups excluding carboxylic acids is 1. The Kier molecular flexibility index (Phi) is 4.10. The number of allylic oxidation sites excluding steroid dienone is 1. The number of fused-ring (bicyclic) bond motifs is 1. The molecule has 0 saturated carbocycles. The Balaban J connectivity index is 1.89. The monoisotopic (exact) mass is 299 g/mol. The Labute approximate surface area is 128 Å². The van der Waals surface area contributed by atoms with Gasteiger partial charge >= 0.3 is 0 Å². The molecule has 0 spiro atoms. The Morgan fingerprint density at radius 2 is 2.29 bits per heavy atom. The second-order valence-corrected chi connectivity index (χ2v) is 5.92. The zero-order valence-corrected chi connectivity index (χ0v) is 12.7. The van der Waals surface area contributed by atoms with Crippen molar-refractivity contribution in [3.05, 3.63) is 53.6 Å². The number of H-pyrrole nitrogens is 1. The number of aromatic nitrogens is 2. The van der Waals surface area contributed by atoms with Gasteiger partial charge in [-0.25, -0.2) is 4.98 Å². The van der Waals surface area contributed by atoms with E-state index in [1.165, 1.54) is 10.6 Å². The summed E-state index contributed by atoms with van der Waals surface area (Å²) in [5, 5.41) is 0.978. The number of nitrogens with zero attached hydrogens (tertiary/aromatic N) is 2. The summed E-state index contributed by atoms with van der Waals surface area (Å²) in [5.41, 5.74) is 1.19. The number of nitrogens with one attached hydrogen (secondary N) is 1. The van der Waals surface area contributed by atoms with Crippen LogP contribution in [0.4, 0.5) is 5.69 Å². The molecule has 0 atom stereocenters. The molecule has 1 N–H and O–H groups in total. The molecule has 4 nitrogen and oxygen atoms in total. The molecule has 5 heteroatoms. The molecule has 0 saturated heterocycles. The molecule has 0 fully saturated rings. The zero-order valence-electron chi connectivity index (χ0n) is 11.9. The summed E-state index contributed by atoms with van der Waals surface area (Å²) in [4.78, 5) is 22.5. The van der Waals surface area contributed by atoms with Crippen LogP contribution in [0, 0.1) is 0 Å². The van der Waals surface area contributed by atoms with Crippen LogP contribution in [0.15, 0.2) is 52.7 Å². The lowest BCUT2D eigenvalue weighted by atomic mass is 10.2. The van der Waals surface area contributed by atoms with Crippen molar-refractivity contribution in [2.45, 2.75) is 24.7 Å². The molecular weight excluding hydrogens is 282 g/mol. The van der Waals surface area contributed by atoms with Gasteiger partial charge in [0.15, 0.2) is 5.82 Å². The Hall–Kier alpha value is -2.01. The number of hydrogen-bond donors (Lipinski definition) is 1. The minimum atomic E-state index is -0.0863. The summed E-state index contributed by atoms with van der Waals surface area (Å²) in [7, 11) is 0. The van der Waals surface area contributed by atoms with Gasteiger partial charge in [0.1, 0.15) is 0 Å². The predicted octanol–water partition coefficient (Wildman–Crippen LogP) is 3.85. The molecule has 21 heavy (non-hydrogen) atoms.